The molecule has 0 saturated carbocycles. The average Bonchev–Trinajstić information content (AvgIpc) is 2.60. The van der Waals surface area contributed by atoms with E-state index in [1.54, 1.807) is 43.6 Å². The van der Waals surface area contributed by atoms with Gasteiger partial charge in [0.2, 0.25) is 10.0 Å². The van der Waals surface area contributed by atoms with Crippen LogP contribution in [0.25, 0.3) is 0 Å². The molecule has 2 aromatic rings. The number of pyridine rings is 1. The predicted molar refractivity (Wildman–Crippen MR) is 91.9 cm³/mol. The van der Waals surface area contributed by atoms with E-state index in [2.05, 4.69) is 15.0 Å². The first kappa shape index (κ1) is 18.1. The molecular weight excluding hydrogens is 326 g/mol. The quantitative estimate of drug-likeness (QED) is 0.803. The zero-order valence-corrected chi connectivity index (χ0v) is 14.5. The molecule has 7 heteroatoms. The van der Waals surface area contributed by atoms with Crippen molar-refractivity contribution in [2.24, 2.45) is 0 Å². The van der Waals surface area contributed by atoms with Crippen LogP contribution in [-0.4, -0.2) is 25.4 Å². The van der Waals surface area contributed by atoms with Gasteiger partial charge >= 0.3 is 0 Å². The third-order valence-corrected chi connectivity index (χ3v) is 5.16. The summed E-state index contributed by atoms with van der Waals surface area (Å²) in [6.45, 7) is 4.04. The van der Waals surface area contributed by atoms with Gasteiger partial charge < -0.3 is 5.32 Å². The van der Waals surface area contributed by atoms with Gasteiger partial charge in [0.1, 0.15) is 0 Å². The molecule has 0 fully saturated rings. The van der Waals surface area contributed by atoms with Crippen molar-refractivity contribution < 1.29 is 13.2 Å². The second kappa shape index (κ2) is 8.03. The van der Waals surface area contributed by atoms with Crippen molar-refractivity contribution in [2.75, 3.05) is 0 Å². The highest BCUT2D eigenvalue weighted by Crippen LogP contribution is 2.13. The smallest absolute Gasteiger partial charge is 0.251 e. The summed E-state index contributed by atoms with van der Waals surface area (Å²) in [5, 5.41) is 2.76. The van der Waals surface area contributed by atoms with E-state index in [1.165, 1.54) is 12.1 Å². The van der Waals surface area contributed by atoms with Crippen LogP contribution in [0, 0.1) is 0 Å². The first-order valence-electron chi connectivity index (χ1n) is 7.72. The third kappa shape index (κ3) is 4.87. The Morgan fingerprint density at radius 2 is 1.92 bits per heavy atom. The fourth-order valence-electron chi connectivity index (χ4n) is 2.01. The summed E-state index contributed by atoms with van der Waals surface area (Å²) in [7, 11) is -3.63. The van der Waals surface area contributed by atoms with Gasteiger partial charge in [0.15, 0.2) is 0 Å². The minimum atomic E-state index is -3.63. The lowest BCUT2D eigenvalue weighted by molar-refractivity contribution is 0.0950. The zero-order valence-electron chi connectivity index (χ0n) is 13.7. The van der Waals surface area contributed by atoms with Crippen LogP contribution < -0.4 is 10.0 Å². The van der Waals surface area contributed by atoms with Gasteiger partial charge in [-0.1, -0.05) is 13.0 Å². The number of amides is 1. The van der Waals surface area contributed by atoms with E-state index in [0.29, 0.717) is 18.5 Å². The Morgan fingerprint density at radius 3 is 2.58 bits per heavy atom. The van der Waals surface area contributed by atoms with E-state index in [0.717, 1.165) is 5.56 Å². The lowest BCUT2D eigenvalue weighted by Crippen LogP contribution is -2.32. The maximum atomic E-state index is 12.3. The standard InChI is InChI=1S/C17H21N3O3S/c1-3-13(2)20-24(22,23)16-6-4-5-15(11-16)17(21)19-12-14-7-9-18-10-8-14/h4-11,13,20H,3,12H2,1-2H3,(H,19,21). The first-order chi connectivity index (χ1) is 11.4. The summed E-state index contributed by atoms with van der Waals surface area (Å²) >= 11 is 0. The van der Waals surface area contributed by atoms with Crippen molar-refractivity contribution in [3.05, 3.63) is 59.9 Å². The molecule has 1 aromatic heterocycles. The van der Waals surface area contributed by atoms with Crippen molar-refractivity contribution >= 4 is 15.9 Å². The summed E-state index contributed by atoms with van der Waals surface area (Å²) in [5.41, 5.74) is 1.22. The third-order valence-electron chi connectivity index (χ3n) is 3.58. The SMILES string of the molecule is CCC(C)NS(=O)(=O)c1cccc(C(=O)NCc2ccncc2)c1. The van der Waals surface area contributed by atoms with Gasteiger partial charge in [-0.2, -0.15) is 0 Å². The fourth-order valence-corrected chi connectivity index (χ4v) is 3.38. The van der Waals surface area contributed by atoms with Gasteiger partial charge in [-0.15, -0.1) is 0 Å². The molecule has 2 N–H and O–H groups in total. The molecule has 24 heavy (non-hydrogen) atoms. The van der Waals surface area contributed by atoms with E-state index >= 15 is 0 Å². The lowest BCUT2D eigenvalue weighted by atomic mass is 10.2. The second-order valence-corrected chi connectivity index (χ2v) is 7.21. The van der Waals surface area contributed by atoms with E-state index in [1.807, 2.05) is 6.92 Å². The molecule has 0 saturated heterocycles. The maximum absolute atomic E-state index is 12.3. The summed E-state index contributed by atoms with van der Waals surface area (Å²) in [6, 6.07) is 9.45. The molecular formula is C17H21N3O3S. The Hall–Kier alpha value is -2.25. The van der Waals surface area contributed by atoms with E-state index in [-0.39, 0.29) is 16.8 Å². The van der Waals surface area contributed by atoms with Gasteiger partial charge in [-0.05, 0) is 49.2 Å². The molecule has 0 spiro atoms. The number of carbonyl (C=O) groups excluding carboxylic acids is 1. The van der Waals surface area contributed by atoms with Crippen molar-refractivity contribution in [2.45, 2.75) is 37.8 Å². The van der Waals surface area contributed by atoms with Gasteiger partial charge in [-0.25, -0.2) is 13.1 Å². The van der Waals surface area contributed by atoms with Gasteiger partial charge in [0.05, 0.1) is 4.90 Å². The summed E-state index contributed by atoms with van der Waals surface area (Å²) in [4.78, 5) is 16.2. The lowest BCUT2D eigenvalue weighted by Gasteiger charge is -2.13. The number of hydrogen-bond donors (Lipinski definition) is 2. The molecule has 0 aliphatic carbocycles. The van der Waals surface area contributed by atoms with Gasteiger partial charge in [0, 0.05) is 30.5 Å². The number of aromatic nitrogens is 1. The number of hydrogen-bond acceptors (Lipinski definition) is 4. The molecule has 0 aliphatic heterocycles. The first-order valence-corrected chi connectivity index (χ1v) is 9.20. The van der Waals surface area contributed by atoms with Crippen LogP contribution in [0.2, 0.25) is 0 Å². The number of benzene rings is 1. The number of nitrogens with zero attached hydrogens (tertiary/aromatic N) is 1. The Morgan fingerprint density at radius 1 is 1.21 bits per heavy atom. The second-order valence-electron chi connectivity index (χ2n) is 5.50. The average molecular weight is 347 g/mol. The van der Waals surface area contributed by atoms with Crippen molar-refractivity contribution in [3.8, 4) is 0 Å². The van der Waals surface area contributed by atoms with E-state index in [9.17, 15) is 13.2 Å². The molecule has 1 amide bonds. The van der Waals surface area contributed by atoms with Crippen LogP contribution in [0.1, 0.15) is 36.2 Å². The largest absolute Gasteiger partial charge is 0.348 e. The van der Waals surface area contributed by atoms with Gasteiger partial charge in [0.25, 0.3) is 5.91 Å². The summed E-state index contributed by atoms with van der Waals surface area (Å²) in [5.74, 6) is -0.326. The predicted octanol–water partition coefficient (Wildman–Crippen LogP) is 2.09. The molecule has 0 bridgehead atoms. The van der Waals surface area contributed by atoms with Crippen LogP contribution in [-0.2, 0) is 16.6 Å². The van der Waals surface area contributed by atoms with Gasteiger partial charge in [-0.3, -0.25) is 9.78 Å². The highest BCUT2D eigenvalue weighted by Gasteiger charge is 2.18. The molecule has 1 unspecified atom stereocenters. The van der Waals surface area contributed by atoms with Crippen LogP contribution in [0.15, 0.2) is 53.7 Å². The highest BCUT2D eigenvalue weighted by molar-refractivity contribution is 7.89. The van der Waals surface area contributed by atoms with Crippen molar-refractivity contribution in [3.63, 3.8) is 0 Å². The number of rotatable bonds is 7. The number of sulfonamides is 1. The summed E-state index contributed by atoms with van der Waals surface area (Å²) < 4.78 is 27.2. The molecule has 1 heterocycles. The van der Waals surface area contributed by atoms with Crippen LogP contribution >= 0.6 is 0 Å². The summed E-state index contributed by atoms with van der Waals surface area (Å²) in [6.07, 6.45) is 3.98. The van der Waals surface area contributed by atoms with E-state index in [4.69, 9.17) is 0 Å². The minimum Gasteiger partial charge on any atom is -0.348 e. The molecule has 1 atom stereocenters. The normalized spacial score (nSPS) is 12.6. The maximum Gasteiger partial charge on any atom is 0.251 e. The topological polar surface area (TPSA) is 88.2 Å². The monoisotopic (exact) mass is 347 g/mol. The molecule has 0 radical (unpaired) electrons. The number of carbonyl (C=O) groups is 1. The number of nitrogens with one attached hydrogen (secondary N) is 2. The van der Waals surface area contributed by atoms with Crippen molar-refractivity contribution in [1.82, 2.24) is 15.0 Å². The molecule has 6 nitrogen and oxygen atoms in total. The molecule has 1 aromatic carbocycles. The minimum absolute atomic E-state index is 0.0827. The van der Waals surface area contributed by atoms with Crippen molar-refractivity contribution in [1.29, 1.82) is 0 Å². The Kier molecular flexibility index (Phi) is 6.05. The highest BCUT2D eigenvalue weighted by atomic mass is 32.2. The molecule has 128 valence electrons. The Labute approximate surface area is 142 Å². The molecule has 2 rings (SSSR count). The van der Waals surface area contributed by atoms with Crippen LogP contribution in [0.5, 0.6) is 0 Å². The van der Waals surface area contributed by atoms with Crippen LogP contribution in [0.3, 0.4) is 0 Å². The van der Waals surface area contributed by atoms with Crippen LogP contribution in [0.4, 0.5) is 0 Å². The van der Waals surface area contributed by atoms with E-state index < -0.39 is 10.0 Å². The fraction of sp³-hybridized carbons (Fsp3) is 0.294. The Balaban J connectivity index is 2.10. The zero-order chi connectivity index (χ0) is 17.6. The molecule has 0 aliphatic rings. The Bertz CT molecular complexity index is 792.